The maximum Gasteiger partial charge on any atom is 0.399 e. The summed E-state index contributed by atoms with van der Waals surface area (Å²) in [5.74, 6) is 0. The lowest BCUT2D eigenvalue weighted by molar-refractivity contribution is 0.0237. The molecule has 16 heavy (non-hydrogen) atoms. The summed E-state index contributed by atoms with van der Waals surface area (Å²) < 4.78 is 40.4. The van der Waals surface area contributed by atoms with Crippen molar-refractivity contribution in [1.29, 1.82) is 0 Å². The van der Waals surface area contributed by atoms with Crippen molar-refractivity contribution in [2.75, 3.05) is 46.2 Å². The van der Waals surface area contributed by atoms with Crippen LogP contribution in [0, 0.1) is 0 Å². The van der Waals surface area contributed by atoms with Crippen LogP contribution in [0.1, 0.15) is 6.92 Å². The molecule has 0 aromatic carbocycles. The van der Waals surface area contributed by atoms with Crippen molar-refractivity contribution in [2.24, 2.45) is 0 Å². The average molecular weight is 258 g/mol. The van der Waals surface area contributed by atoms with Gasteiger partial charge in [-0.25, -0.2) is 8.37 Å². The molecule has 98 valence electrons. The fourth-order valence-corrected chi connectivity index (χ4v) is 1.39. The SMILES string of the molecule is CCOS(=O)(=O)OCCOCCOCCO. The molecule has 0 bridgehead atoms. The van der Waals surface area contributed by atoms with Gasteiger partial charge in [-0.15, -0.1) is 0 Å². The molecule has 0 radical (unpaired) electrons. The smallest absolute Gasteiger partial charge is 0.394 e. The fraction of sp³-hybridized carbons (Fsp3) is 1.00. The van der Waals surface area contributed by atoms with Crippen molar-refractivity contribution in [3.05, 3.63) is 0 Å². The molecule has 0 aliphatic carbocycles. The number of hydrogen-bond donors (Lipinski definition) is 1. The van der Waals surface area contributed by atoms with E-state index < -0.39 is 10.4 Å². The van der Waals surface area contributed by atoms with Gasteiger partial charge in [0.15, 0.2) is 0 Å². The van der Waals surface area contributed by atoms with E-state index in [-0.39, 0.29) is 33.0 Å². The molecule has 7 nitrogen and oxygen atoms in total. The van der Waals surface area contributed by atoms with Crippen molar-refractivity contribution >= 4 is 10.4 Å². The first-order valence-corrected chi connectivity index (χ1v) is 6.26. The second-order valence-corrected chi connectivity index (χ2v) is 3.87. The van der Waals surface area contributed by atoms with Gasteiger partial charge in [0.2, 0.25) is 0 Å². The van der Waals surface area contributed by atoms with E-state index in [9.17, 15) is 8.42 Å². The van der Waals surface area contributed by atoms with E-state index in [0.29, 0.717) is 13.2 Å². The lowest BCUT2D eigenvalue weighted by Crippen LogP contribution is -2.15. The van der Waals surface area contributed by atoms with Gasteiger partial charge in [0.1, 0.15) is 0 Å². The molecule has 0 aliphatic rings. The van der Waals surface area contributed by atoms with Gasteiger partial charge in [-0.05, 0) is 6.92 Å². The van der Waals surface area contributed by atoms with Gasteiger partial charge in [-0.3, -0.25) is 0 Å². The fourth-order valence-electron chi connectivity index (χ4n) is 0.760. The lowest BCUT2D eigenvalue weighted by Gasteiger charge is -2.05. The topological polar surface area (TPSA) is 91.3 Å². The first-order valence-electron chi connectivity index (χ1n) is 4.92. The van der Waals surface area contributed by atoms with Crippen molar-refractivity contribution in [2.45, 2.75) is 6.92 Å². The lowest BCUT2D eigenvalue weighted by atomic mass is 10.7. The average Bonchev–Trinajstić information content (AvgIpc) is 2.22. The summed E-state index contributed by atoms with van der Waals surface area (Å²) in [5, 5.41) is 8.38. The van der Waals surface area contributed by atoms with Crippen molar-refractivity contribution in [3.8, 4) is 0 Å². The maximum atomic E-state index is 10.9. The Morgan fingerprint density at radius 1 is 0.938 bits per heavy atom. The Balaban J connectivity index is 3.27. The van der Waals surface area contributed by atoms with E-state index >= 15 is 0 Å². The molecule has 0 spiro atoms. The number of hydrogen-bond acceptors (Lipinski definition) is 7. The third kappa shape index (κ3) is 10.3. The molecule has 0 fully saturated rings. The molecule has 0 aromatic heterocycles. The molecule has 0 rings (SSSR count). The predicted octanol–water partition coefficient (Wildman–Crippen LogP) is -0.690. The van der Waals surface area contributed by atoms with Gasteiger partial charge in [0.25, 0.3) is 0 Å². The van der Waals surface area contributed by atoms with Crippen LogP contribution < -0.4 is 0 Å². The van der Waals surface area contributed by atoms with Crippen LogP contribution in [0.3, 0.4) is 0 Å². The molecule has 0 saturated heterocycles. The van der Waals surface area contributed by atoms with E-state index in [2.05, 4.69) is 8.37 Å². The van der Waals surface area contributed by atoms with Gasteiger partial charge >= 0.3 is 10.4 Å². The zero-order valence-electron chi connectivity index (χ0n) is 9.25. The second kappa shape index (κ2) is 9.94. The second-order valence-electron chi connectivity index (χ2n) is 2.59. The minimum atomic E-state index is -3.88. The van der Waals surface area contributed by atoms with Crippen molar-refractivity contribution in [3.63, 3.8) is 0 Å². The van der Waals surface area contributed by atoms with Gasteiger partial charge < -0.3 is 14.6 Å². The van der Waals surface area contributed by atoms with Crippen LogP contribution in [0.4, 0.5) is 0 Å². The van der Waals surface area contributed by atoms with E-state index in [0.717, 1.165) is 0 Å². The van der Waals surface area contributed by atoms with E-state index in [1.54, 1.807) is 6.92 Å². The molecule has 0 saturated carbocycles. The van der Waals surface area contributed by atoms with Gasteiger partial charge in [0.05, 0.1) is 46.2 Å². The molecule has 8 heteroatoms. The summed E-state index contributed by atoms with van der Waals surface area (Å²) in [6.07, 6.45) is 0. The Morgan fingerprint density at radius 3 is 2.06 bits per heavy atom. The Labute approximate surface area is 95.6 Å². The summed E-state index contributed by atoms with van der Waals surface area (Å²) >= 11 is 0. The standard InChI is InChI=1S/C8H18O7S/c1-2-14-16(10,11)15-8-7-13-6-5-12-4-3-9/h9H,2-8H2,1H3. The Hall–Kier alpha value is -0.250. The van der Waals surface area contributed by atoms with Gasteiger partial charge in [0, 0.05) is 0 Å². The highest BCUT2D eigenvalue weighted by Gasteiger charge is 2.09. The summed E-state index contributed by atoms with van der Waals surface area (Å²) in [4.78, 5) is 0. The summed E-state index contributed by atoms with van der Waals surface area (Å²) in [6, 6.07) is 0. The zero-order valence-corrected chi connectivity index (χ0v) is 10.1. The monoisotopic (exact) mass is 258 g/mol. The summed E-state index contributed by atoms with van der Waals surface area (Å²) in [5.41, 5.74) is 0. The number of aliphatic hydroxyl groups excluding tert-OH is 1. The Morgan fingerprint density at radius 2 is 1.50 bits per heavy atom. The summed E-state index contributed by atoms with van der Waals surface area (Å²) in [7, 11) is -3.88. The van der Waals surface area contributed by atoms with Gasteiger partial charge in [-0.1, -0.05) is 0 Å². The molecule has 0 atom stereocenters. The molecule has 0 aliphatic heterocycles. The highest BCUT2D eigenvalue weighted by Crippen LogP contribution is 1.94. The Bertz CT molecular complexity index is 239. The largest absolute Gasteiger partial charge is 0.399 e. The molecule has 0 heterocycles. The maximum absolute atomic E-state index is 10.9. The van der Waals surface area contributed by atoms with Crippen LogP contribution in [0.5, 0.6) is 0 Å². The number of ether oxygens (including phenoxy) is 2. The molecule has 1 N–H and O–H groups in total. The zero-order chi connectivity index (χ0) is 12.3. The molecule has 0 aromatic rings. The summed E-state index contributed by atoms with van der Waals surface area (Å²) in [6.45, 7) is 2.52. The normalized spacial score (nSPS) is 11.9. The van der Waals surface area contributed by atoms with Gasteiger partial charge in [-0.2, -0.15) is 8.42 Å². The van der Waals surface area contributed by atoms with E-state index in [1.807, 2.05) is 0 Å². The molecule has 0 amide bonds. The van der Waals surface area contributed by atoms with Crippen molar-refractivity contribution in [1.82, 2.24) is 0 Å². The third-order valence-electron chi connectivity index (χ3n) is 1.33. The minimum Gasteiger partial charge on any atom is -0.394 e. The van der Waals surface area contributed by atoms with Crippen LogP contribution in [0.25, 0.3) is 0 Å². The quantitative estimate of drug-likeness (QED) is 0.490. The van der Waals surface area contributed by atoms with Crippen molar-refractivity contribution < 1.29 is 31.4 Å². The van der Waals surface area contributed by atoms with Crippen LogP contribution in [-0.2, 0) is 28.2 Å². The van der Waals surface area contributed by atoms with Crippen LogP contribution in [-0.4, -0.2) is 59.8 Å². The molecular formula is C8H18O7S. The van der Waals surface area contributed by atoms with Crippen LogP contribution >= 0.6 is 0 Å². The molecular weight excluding hydrogens is 240 g/mol. The minimum absolute atomic E-state index is 0.0320. The van der Waals surface area contributed by atoms with Crippen LogP contribution in [0.2, 0.25) is 0 Å². The number of rotatable bonds is 11. The van der Waals surface area contributed by atoms with Crippen LogP contribution in [0.15, 0.2) is 0 Å². The highest BCUT2D eigenvalue weighted by atomic mass is 32.3. The third-order valence-corrected chi connectivity index (χ3v) is 2.30. The Kier molecular flexibility index (Phi) is 9.78. The molecule has 0 unspecified atom stereocenters. The first kappa shape index (κ1) is 15.8. The van der Waals surface area contributed by atoms with E-state index in [4.69, 9.17) is 14.6 Å². The highest BCUT2D eigenvalue weighted by molar-refractivity contribution is 7.81. The number of aliphatic hydroxyl groups is 1. The van der Waals surface area contributed by atoms with E-state index in [1.165, 1.54) is 0 Å². The first-order chi connectivity index (χ1) is 7.62. The predicted molar refractivity (Wildman–Crippen MR) is 55.2 cm³/mol.